The third-order valence-electron chi connectivity index (χ3n) is 5.03. The Morgan fingerprint density at radius 1 is 1.10 bits per heavy atom. The highest BCUT2D eigenvalue weighted by molar-refractivity contribution is 6.32. The second-order valence-electron chi connectivity index (χ2n) is 8.38. The minimum absolute atomic E-state index is 0.324. The molecule has 0 unspecified atom stereocenters. The third kappa shape index (κ3) is 4.37. The highest BCUT2D eigenvalue weighted by atomic mass is 35.5. The van der Waals surface area contributed by atoms with E-state index in [-0.39, 0.29) is 6.09 Å². The van der Waals surface area contributed by atoms with Crippen LogP contribution in [0.1, 0.15) is 26.5 Å². The molecule has 0 radical (unpaired) electrons. The molecule has 4 rings (SSSR count). The van der Waals surface area contributed by atoms with Gasteiger partial charge in [0.05, 0.1) is 30.9 Å². The molecular formula is C23H25ClN4O3. The van der Waals surface area contributed by atoms with Gasteiger partial charge in [0, 0.05) is 30.1 Å². The van der Waals surface area contributed by atoms with Gasteiger partial charge in [-0.1, -0.05) is 11.6 Å². The SMILES string of the molecule is COc1ccc(-c2nn3c(c2-c2ccncc2)CN(C(=O)OC(C)(C)C)CC3)cc1Cl. The predicted octanol–water partition coefficient (Wildman–Crippen LogP) is 5.02. The second-order valence-corrected chi connectivity index (χ2v) is 8.79. The summed E-state index contributed by atoms with van der Waals surface area (Å²) in [5.41, 5.74) is 4.01. The van der Waals surface area contributed by atoms with Crippen LogP contribution in [0.2, 0.25) is 5.02 Å². The van der Waals surface area contributed by atoms with E-state index in [9.17, 15) is 4.79 Å². The van der Waals surface area contributed by atoms with Crippen LogP contribution in [0.15, 0.2) is 42.7 Å². The fourth-order valence-corrected chi connectivity index (χ4v) is 3.90. The number of ether oxygens (including phenoxy) is 2. The fraction of sp³-hybridized carbons (Fsp3) is 0.348. The molecule has 8 heteroatoms. The molecule has 7 nitrogen and oxygen atoms in total. The van der Waals surface area contributed by atoms with Gasteiger partial charge in [-0.25, -0.2) is 4.79 Å². The van der Waals surface area contributed by atoms with E-state index in [1.54, 1.807) is 24.4 Å². The Morgan fingerprint density at radius 3 is 2.48 bits per heavy atom. The van der Waals surface area contributed by atoms with Crippen molar-refractivity contribution in [1.82, 2.24) is 19.7 Å². The lowest BCUT2D eigenvalue weighted by atomic mass is 9.99. The smallest absolute Gasteiger partial charge is 0.410 e. The van der Waals surface area contributed by atoms with Gasteiger partial charge in [-0.2, -0.15) is 5.10 Å². The van der Waals surface area contributed by atoms with E-state index < -0.39 is 5.60 Å². The molecule has 3 aromatic rings. The zero-order valence-electron chi connectivity index (χ0n) is 18.1. The molecule has 0 fully saturated rings. The van der Waals surface area contributed by atoms with Crippen molar-refractivity contribution in [3.63, 3.8) is 0 Å². The van der Waals surface area contributed by atoms with E-state index in [1.807, 2.05) is 55.8 Å². The summed E-state index contributed by atoms with van der Waals surface area (Å²) in [4.78, 5) is 18.6. The van der Waals surface area contributed by atoms with Gasteiger partial charge in [-0.3, -0.25) is 9.67 Å². The van der Waals surface area contributed by atoms with Crippen molar-refractivity contribution in [2.75, 3.05) is 13.7 Å². The van der Waals surface area contributed by atoms with Gasteiger partial charge in [-0.05, 0) is 56.7 Å². The predicted molar refractivity (Wildman–Crippen MR) is 119 cm³/mol. The molecule has 0 atom stereocenters. The number of benzene rings is 1. The molecule has 0 aliphatic carbocycles. The molecule has 162 valence electrons. The molecule has 1 aliphatic rings. The van der Waals surface area contributed by atoms with Crippen LogP contribution in [0.4, 0.5) is 4.79 Å². The number of halogens is 1. The summed E-state index contributed by atoms with van der Waals surface area (Å²) in [5, 5.41) is 5.40. The number of rotatable bonds is 3. The first kappa shape index (κ1) is 21.2. The van der Waals surface area contributed by atoms with Crippen molar-refractivity contribution < 1.29 is 14.3 Å². The minimum Gasteiger partial charge on any atom is -0.495 e. The zero-order valence-corrected chi connectivity index (χ0v) is 18.8. The molecule has 0 spiro atoms. The van der Waals surface area contributed by atoms with Crippen LogP contribution >= 0.6 is 11.6 Å². The van der Waals surface area contributed by atoms with Crippen molar-refractivity contribution in [2.45, 2.75) is 39.5 Å². The normalized spacial score (nSPS) is 13.6. The molecule has 0 N–H and O–H groups in total. The average Bonchev–Trinajstić information content (AvgIpc) is 3.11. The molecule has 0 saturated heterocycles. The van der Waals surface area contributed by atoms with Gasteiger partial charge in [0.25, 0.3) is 0 Å². The molecule has 3 heterocycles. The minimum atomic E-state index is -0.548. The number of aromatic nitrogens is 3. The lowest BCUT2D eigenvalue weighted by Crippen LogP contribution is -2.41. The van der Waals surface area contributed by atoms with E-state index in [0.717, 1.165) is 28.1 Å². The Morgan fingerprint density at radius 2 is 1.84 bits per heavy atom. The molecule has 0 bridgehead atoms. The van der Waals surface area contributed by atoms with Crippen LogP contribution in [0.5, 0.6) is 5.75 Å². The van der Waals surface area contributed by atoms with E-state index in [1.165, 1.54) is 0 Å². The first-order valence-electron chi connectivity index (χ1n) is 10.1. The maximum atomic E-state index is 12.7. The summed E-state index contributed by atoms with van der Waals surface area (Å²) in [6.45, 7) is 7.12. The largest absolute Gasteiger partial charge is 0.495 e. The van der Waals surface area contributed by atoms with Crippen LogP contribution in [0.25, 0.3) is 22.4 Å². The van der Waals surface area contributed by atoms with Crippen molar-refractivity contribution >= 4 is 17.7 Å². The molecule has 1 aliphatic heterocycles. The van der Waals surface area contributed by atoms with Crippen molar-refractivity contribution in [1.29, 1.82) is 0 Å². The quantitative estimate of drug-likeness (QED) is 0.571. The number of carbonyl (C=O) groups excluding carboxylic acids is 1. The van der Waals surface area contributed by atoms with Crippen LogP contribution in [0, 0.1) is 0 Å². The number of hydrogen-bond donors (Lipinski definition) is 0. The van der Waals surface area contributed by atoms with Crippen LogP contribution in [-0.2, 0) is 17.8 Å². The van der Waals surface area contributed by atoms with Crippen molar-refractivity contribution in [2.24, 2.45) is 0 Å². The topological polar surface area (TPSA) is 69.5 Å². The maximum absolute atomic E-state index is 12.7. The average molecular weight is 441 g/mol. The number of hydrogen-bond acceptors (Lipinski definition) is 5. The molecule has 1 amide bonds. The van der Waals surface area contributed by atoms with Crippen LogP contribution in [0.3, 0.4) is 0 Å². The van der Waals surface area contributed by atoms with Gasteiger partial charge in [0.2, 0.25) is 0 Å². The summed E-state index contributed by atoms with van der Waals surface area (Å²) < 4.78 is 12.8. The first-order valence-corrected chi connectivity index (χ1v) is 10.5. The first-order chi connectivity index (χ1) is 14.8. The van der Waals surface area contributed by atoms with Gasteiger partial charge in [-0.15, -0.1) is 0 Å². The number of fused-ring (bicyclic) bond motifs is 1. The molecule has 2 aromatic heterocycles. The molecule has 1 aromatic carbocycles. The Balaban J connectivity index is 1.79. The van der Waals surface area contributed by atoms with Crippen LogP contribution in [-0.4, -0.2) is 45.0 Å². The maximum Gasteiger partial charge on any atom is 0.410 e. The Hall–Kier alpha value is -3.06. The monoisotopic (exact) mass is 440 g/mol. The lowest BCUT2D eigenvalue weighted by molar-refractivity contribution is 0.0195. The van der Waals surface area contributed by atoms with Gasteiger partial charge >= 0.3 is 6.09 Å². The van der Waals surface area contributed by atoms with E-state index >= 15 is 0 Å². The Bertz CT molecular complexity index is 1110. The highest BCUT2D eigenvalue weighted by Gasteiger charge is 2.30. The van der Waals surface area contributed by atoms with E-state index in [0.29, 0.717) is 30.4 Å². The summed E-state index contributed by atoms with van der Waals surface area (Å²) in [6, 6.07) is 9.51. The number of methoxy groups -OCH3 is 1. The summed E-state index contributed by atoms with van der Waals surface area (Å²) in [6.07, 6.45) is 3.17. The van der Waals surface area contributed by atoms with Crippen molar-refractivity contribution in [3.05, 3.63) is 53.4 Å². The van der Waals surface area contributed by atoms with E-state index in [4.69, 9.17) is 26.2 Å². The number of pyridine rings is 1. The van der Waals surface area contributed by atoms with Gasteiger partial charge in [0.15, 0.2) is 0 Å². The molecular weight excluding hydrogens is 416 g/mol. The summed E-state index contributed by atoms with van der Waals surface area (Å²) in [7, 11) is 1.59. The number of carbonyl (C=O) groups is 1. The highest BCUT2D eigenvalue weighted by Crippen LogP contribution is 2.38. The number of nitrogens with zero attached hydrogens (tertiary/aromatic N) is 4. The number of amides is 1. The molecule has 31 heavy (non-hydrogen) atoms. The standard InChI is InChI=1S/C23H25ClN4O3/c1-23(2,3)31-22(29)27-11-12-28-18(14-27)20(15-7-9-25-10-8-15)21(26-28)16-5-6-19(30-4)17(24)13-16/h5-10,13H,11-12,14H2,1-4H3. The third-order valence-corrected chi connectivity index (χ3v) is 5.32. The summed E-state index contributed by atoms with van der Waals surface area (Å²) >= 11 is 6.39. The summed E-state index contributed by atoms with van der Waals surface area (Å²) in [5.74, 6) is 0.607. The molecule has 0 saturated carbocycles. The lowest BCUT2D eigenvalue weighted by Gasteiger charge is -2.30. The van der Waals surface area contributed by atoms with Crippen LogP contribution < -0.4 is 4.74 Å². The zero-order chi connectivity index (χ0) is 22.2. The second kappa shape index (κ2) is 8.23. The van der Waals surface area contributed by atoms with Crippen molar-refractivity contribution in [3.8, 4) is 28.1 Å². The Labute approximate surface area is 186 Å². The fourth-order valence-electron chi connectivity index (χ4n) is 3.64. The van der Waals surface area contributed by atoms with Gasteiger partial charge < -0.3 is 14.4 Å². The Kier molecular flexibility index (Phi) is 5.62. The van der Waals surface area contributed by atoms with E-state index in [2.05, 4.69) is 4.98 Å². The van der Waals surface area contributed by atoms with Gasteiger partial charge in [0.1, 0.15) is 17.0 Å².